The van der Waals surface area contributed by atoms with Crippen molar-refractivity contribution in [2.24, 2.45) is 0 Å². The molecule has 0 fully saturated rings. The molecule has 0 saturated heterocycles. The number of benzene rings is 3. The Morgan fingerprint density at radius 2 is 1.43 bits per heavy atom. The summed E-state index contributed by atoms with van der Waals surface area (Å²) in [5, 5.41) is 3.04. The molecule has 1 atom stereocenters. The molecule has 0 heterocycles. The van der Waals surface area contributed by atoms with Crippen LogP contribution in [-0.2, 0) is 32.6 Å². The van der Waals surface area contributed by atoms with Gasteiger partial charge in [-0.2, -0.15) is 0 Å². The summed E-state index contributed by atoms with van der Waals surface area (Å²) < 4.78 is 27.1. The lowest BCUT2D eigenvalue weighted by atomic mass is 10.0. The fraction of sp³-hybridized carbons (Fsp3) is 0.375. The van der Waals surface area contributed by atoms with Crippen molar-refractivity contribution >= 4 is 27.5 Å². The Hall–Kier alpha value is -3.65. The van der Waals surface area contributed by atoms with E-state index >= 15 is 0 Å². The van der Waals surface area contributed by atoms with E-state index in [9.17, 15) is 18.0 Å². The lowest BCUT2D eigenvalue weighted by Crippen LogP contribution is -2.56. The van der Waals surface area contributed by atoms with Crippen molar-refractivity contribution in [3.05, 3.63) is 101 Å². The van der Waals surface area contributed by atoms with E-state index in [0.29, 0.717) is 5.69 Å². The van der Waals surface area contributed by atoms with E-state index in [0.717, 1.165) is 38.4 Å². The average Bonchev–Trinajstić information content (AvgIpc) is 2.82. The van der Waals surface area contributed by atoms with Gasteiger partial charge in [-0.05, 0) is 75.9 Å². The number of sulfonamides is 1. The SMILES string of the molecule is Cc1cccc(CN(C(=O)CN(c2cc(C)cc(C)c2)S(C)(=O)=O)[C@H](Cc2ccccc2)C(=O)NC(C)(C)C)c1. The van der Waals surface area contributed by atoms with Crippen molar-refractivity contribution in [2.45, 2.75) is 66.1 Å². The third-order valence-corrected chi connectivity index (χ3v) is 7.52. The van der Waals surface area contributed by atoms with E-state index in [1.165, 1.54) is 4.90 Å². The van der Waals surface area contributed by atoms with Gasteiger partial charge in [-0.3, -0.25) is 13.9 Å². The van der Waals surface area contributed by atoms with E-state index in [-0.39, 0.29) is 18.9 Å². The number of amides is 2. The third kappa shape index (κ3) is 8.95. The maximum atomic E-state index is 14.2. The zero-order valence-electron chi connectivity index (χ0n) is 24.6. The molecular formula is C32H41N3O4S. The van der Waals surface area contributed by atoms with Crippen LogP contribution in [-0.4, -0.2) is 49.5 Å². The number of aryl methyl sites for hydroxylation is 3. The summed E-state index contributed by atoms with van der Waals surface area (Å²) in [5.74, 6) is -0.759. The zero-order chi connectivity index (χ0) is 29.7. The Kier molecular flexibility index (Phi) is 9.79. The Labute approximate surface area is 239 Å². The van der Waals surface area contributed by atoms with Gasteiger partial charge in [0.05, 0.1) is 11.9 Å². The maximum absolute atomic E-state index is 14.2. The van der Waals surface area contributed by atoms with Crippen molar-refractivity contribution in [3.63, 3.8) is 0 Å². The fourth-order valence-corrected chi connectivity index (χ4v) is 5.56. The van der Waals surface area contributed by atoms with Crippen LogP contribution in [0.4, 0.5) is 5.69 Å². The Balaban J connectivity index is 2.09. The average molecular weight is 564 g/mol. The predicted octanol–water partition coefficient (Wildman–Crippen LogP) is 4.93. The molecule has 3 aromatic carbocycles. The minimum absolute atomic E-state index is 0.153. The van der Waals surface area contributed by atoms with Crippen LogP contribution in [0.2, 0.25) is 0 Å². The Morgan fingerprint density at radius 3 is 1.98 bits per heavy atom. The van der Waals surface area contributed by atoms with Crippen molar-refractivity contribution in [3.8, 4) is 0 Å². The number of anilines is 1. The summed E-state index contributed by atoms with van der Waals surface area (Å²) in [7, 11) is -3.81. The highest BCUT2D eigenvalue weighted by Gasteiger charge is 2.34. The minimum atomic E-state index is -3.81. The van der Waals surface area contributed by atoms with Crippen molar-refractivity contribution in [1.82, 2.24) is 10.2 Å². The van der Waals surface area contributed by atoms with Crippen LogP contribution in [0.1, 0.15) is 48.6 Å². The summed E-state index contributed by atoms with van der Waals surface area (Å²) in [4.78, 5) is 29.5. The van der Waals surface area contributed by atoms with E-state index in [4.69, 9.17) is 0 Å². The highest BCUT2D eigenvalue weighted by molar-refractivity contribution is 7.92. The molecule has 0 spiro atoms. The van der Waals surface area contributed by atoms with Crippen LogP contribution in [0, 0.1) is 20.8 Å². The summed E-state index contributed by atoms with van der Waals surface area (Å²) in [6, 6.07) is 21.9. The van der Waals surface area contributed by atoms with Gasteiger partial charge in [0, 0.05) is 18.5 Å². The number of carbonyl (C=O) groups is 2. The van der Waals surface area contributed by atoms with E-state index < -0.39 is 34.1 Å². The van der Waals surface area contributed by atoms with Crippen LogP contribution in [0.5, 0.6) is 0 Å². The molecule has 0 bridgehead atoms. The van der Waals surface area contributed by atoms with Crippen molar-refractivity contribution < 1.29 is 18.0 Å². The minimum Gasteiger partial charge on any atom is -0.350 e. The quantitative estimate of drug-likeness (QED) is 0.379. The largest absolute Gasteiger partial charge is 0.350 e. The standard InChI is InChI=1S/C32H41N3O4S/c1-23-12-11-15-27(17-23)21-34(29(31(37)33-32(4,5)6)20-26-13-9-8-10-14-26)30(36)22-35(40(7,38)39)28-18-24(2)16-25(3)19-28/h8-19,29H,20-22H2,1-7H3,(H,33,37)/t29-/m1/s1. The topological polar surface area (TPSA) is 86.8 Å². The molecule has 214 valence electrons. The Bertz CT molecular complexity index is 1430. The molecule has 7 nitrogen and oxygen atoms in total. The Morgan fingerprint density at radius 1 is 0.825 bits per heavy atom. The van der Waals surface area contributed by atoms with Gasteiger partial charge in [0.25, 0.3) is 0 Å². The van der Waals surface area contributed by atoms with Crippen LogP contribution in [0.3, 0.4) is 0 Å². The summed E-state index contributed by atoms with van der Waals surface area (Å²) in [5.41, 5.74) is 4.44. The molecule has 0 aliphatic carbocycles. The number of rotatable bonds is 10. The second kappa shape index (κ2) is 12.7. The first-order chi connectivity index (χ1) is 18.6. The monoisotopic (exact) mass is 563 g/mol. The highest BCUT2D eigenvalue weighted by atomic mass is 32.2. The lowest BCUT2D eigenvalue weighted by Gasteiger charge is -2.35. The normalized spacial score (nSPS) is 12.5. The van der Waals surface area contributed by atoms with Gasteiger partial charge < -0.3 is 10.2 Å². The molecule has 0 unspecified atom stereocenters. The number of hydrogen-bond donors (Lipinski definition) is 1. The van der Waals surface area contributed by atoms with Crippen LogP contribution in [0.15, 0.2) is 72.8 Å². The highest BCUT2D eigenvalue weighted by Crippen LogP contribution is 2.23. The van der Waals surface area contributed by atoms with Gasteiger partial charge in [-0.1, -0.05) is 66.2 Å². The zero-order valence-corrected chi connectivity index (χ0v) is 25.4. The summed E-state index contributed by atoms with van der Waals surface area (Å²) in [6.45, 7) is 11.1. The first kappa shape index (κ1) is 30.9. The van der Waals surface area contributed by atoms with Gasteiger partial charge in [-0.25, -0.2) is 8.42 Å². The van der Waals surface area contributed by atoms with Crippen molar-refractivity contribution in [1.29, 1.82) is 0 Å². The summed E-state index contributed by atoms with van der Waals surface area (Å²) >= 11 is 0. The molecule has 0 radical (unpaired) electrons. The number of nitrogens with one attached hydrogen (secondary N) is 1. The molecule has 8 heteroatoms. The second-order valence-electron chi connectivity index (χ2n) is 11.6. The molecule has 3 rings (SSSR count). The third-order valence-electron chi connectivity index (χ3n) is 6.38. The molecule has 0 aliphatic rings. The molecule has 2 amide bonds. The van der Waals surface area contributed by atoms with Gasteiger partial charge in [0.1, 0.15) is 12.6 Å². The molecule has 3 aromatic rings. The van der Waals surface area contributed by atoms with E-state index in [1.807, 2.05) is 102 Å². The van der Waals surface area contributed by atoms with Gasteiger partial charge in [-0.15, -0.1) is 0 Å². The first-order valence-electron chi connectivity index (χ1n) is 13.4. The van der Waals surface area contributed by atoms with Gasteiger partial charge in [0.15, 0.2) is 0 Å². The van der Waals surface area contributed by atoms with Crippen LogP contribution >= 0.6 is 0 Å². The molecule has 0 aliphatic heterocycles. The number of nitrogens with zero attached hydrogens (tertiary/aromatic N) is 2. The lowest BCUT2D eigenvalue weighted by molar-refractivity contribution is -0.140. The second-order valence-corrected chi connectivity index (χ2v) is 13.5. The fourth-order valence-electron chi connectivity index (χ4n) is 4.72. The number of hydrogen-bond acceptors (Lipinski definition) is 4. The molecular weight excluding hydrogens is 522 g/mol. The van der Waals surface area contributed by atoms with Crippen LogP contribution < -0.4 is 9.62 Å². The molecule has 1 N–H and O–H groups in total. The number of carbonyl (C=O) groups excluding carboxylic acids is 2. The first-order valence-corrected chi connectivity index (χ1v) is 15.2. The van der Waals surface area contributed by atoms with E-state index in [1.54, 1.807) is 12.1 Å². The summed E-state index contributed by atoms with van der Waals surface area (Å²) in [6.07, 6.45) is 1.37. The molecule has 40 heavy (non-hydrogen) atoms. The maximum Gasteiger partial charge on any atom is 0.244 e. The smallest absolute Gasteiger partial charge is 0.244 e. The van der Waals surface area contributed by atoms with Gasteiger partial charge >= 0.3 is 0 Å². The molecule has 0 aromatic heterocycles. The van der Waals surface area contributed by atoms with E-state index in [2.05, 4.69) is 5.32 Å². The van der Waals surface area contributed by atoms with Gasteiger partial charge in [0.2, 0.25) is 21.8 Å². The van der Waals surface area contributed by atoms with Crippen molar-refractivity contribution in [2.75, 3.05) is 17.1 Å². The molecule has 0 saturated carbocycles. The predicted molar refractivity (Wildman–Crippen MR) is 162 cm³/mol. The van der Waals surface area contributed by atoms with Crippen LogP contribution in [0.25, 0.3) is 0 Å².